The lowest BCUT2D eigenvalue weighted by Gasteiger charge is -2.12. The fourth-order valence-corrected chi connectivity index (χ4v) is 2.64. The molecule has 86 valence electrons. The molecule has 4 nitrogen and oxygen atoms in total. The van der Waals surface area contributed by atoms with Crippen molar-refractivity contribution in [3.63, 3.8) is 0 Å². The molecule has 1 aromatic heterocycles. The van der Waals surface area contributed by atoms with Crippen LogP contribution in [0.15, 0.2) is 30.5 Å². The summed E-state index contributed by atoms with van der Waals surface area (Å²) in [6.45, 7) is 0.367. The fourth-order valence-electron chi connectivity index (χ4n) is 1.92. The zero-order chi connectivity index (χ0) is 11.8. The Bertz CT molecular complexity index is 589. The molecule has 3 rings (SSSR count). The summed E-state index contributed by atoms with van der Waals surface area (Å²) in [7, 11) is 0. The van der Waals surface area contributed by atoms with E-state index in [-0.39, 0.29) is 16.9 Å². The number of hydrogen-bond acceptors (Lipinski definition) is 3. The monoisotopic (exact) mass is 246 g/mol. The molecule has 2 amide bonds. The number of fused-ring (bicyclic) bond motifs is 1. The predicted octanol–water partition coefficient (Wildman–Crippen LogP) is 2.36. The van der Waals surface area contributed by atoms with E-state index in [1.54, 1.807) is 0 Å². The van der Waals surface area contributed by atoms with E-state index in [2.05, 4.69) is 4.98 Å². The van der Waals surface area contributed by atoms with Crippen LogP contribution in [0.1, 0.15) is 5.56 Å². The lowest BCUT2D eigenvalue weighted by molar-refractivity contribution is -0.125. The number of hydrogen-bond donors (Lipinski definition) is 1. The molecular weight excluding hydrogens is 236 g/mol. The maximum Gasteiger partial charge on any atom is 0.289 e. The summed E-state index contributed by atoms with van der Waals surface area (Å²) in [6, 6.07) is 7.86. The summed E-state index contributed by atoms with van der Waals surface area (Å²) in [5, 5.41) is 0.943. The highest BCUT2D eigenvalue weighted by Crippen LogP contribution is 2.22. The quantitative estimate of drug-likeness (QED) is 0.885. The first-order chi connectivity index (χ1) is 8.24. The second kappa shape index (κ2) is 3.92. The van der Waals surface area contributed by atoms with Gasteiger partial charge in [0.2, 0.25) is 5.91 Å². The van der Waals surface area contributed by atoms with E-state index < -0.39 is 0 Å². The van der Waals surface area contributed by atoms with Gasteiger partial charge in [0.15, 0.2) is 0 Å². The maximum absolute atomic E-state index is 11.5. The van der Waals surface area contributed by atoms with Gasteiger partial charge in [0.1, 0.15) is 0 Å². The number of nitrogens with one attached hydrogen (secondary N) is 1. The number of H-pyrrole nitrogens is 1. The van der Waals surface area contributed by atoms with Gasteiger partial charge in [-0.3, -0.25) is 14.5 Å². The molecule has 17 heavy (non-hydrogen) atoms. The maximum atomic E-state index is 11.5. The Morgan fingerprint density at radius 3 is 2.94 bits per heavy atom. The van der Waals surface area contributed by atoms with Crippen LogP contribution in [0.25, 0.3) is 10.9 Å². The van der Waals surface area contributed by atoms with Gasteiger partial charge in [-0.15, -0.1) is 0 Å². The van der Waals surface area contributed by atoms with E-state index in [0.717, 1.165) is 28.2 Å². The summed E-state index contributed by atoms with van der Waals surface area (Å²) in [4.78, 5) is 27.4. The van der Waals surface area contributed by atoms with E-state index in [1.165, 1.54) is 4.90 Å². The summed E-state index contributed by atoms with van der Waals surface area (Å²) < 4.78 is 0. The molecule has 0 radical (unpaired) electrons. The van der Waals surface area contributed by atoms with E-state index in [4.69, 9.17) is 0 Å². The molecule has 1 aliphatic heterocycles. The topological polar surface area (TPSA) is 53.2 Å². The Morgan fingerprint density at radius 2 is 2.18 bits per heavy atom. The third-order valence-corrected chi connectivity index (χ3v) is 3.66. The lowest BCUT2D eigenvalue weighted by atomic mass is 10.1. The van der Waals surface area contributed by atoms with E-state index >= 15 is 0 Å². The van der Waals surface area contributed by atoms with E-state index in [0.29, 0.717) is 6.54 Å². The molecule has 1 aromatic carbocycles. The lowest BCUT2D eigenvalue weighted by Crippen LogP contribution is -2.27. The third-order valence-electron chi connectivity index (χ3n) is 2.80. The molecule has 2 heterocycles. The minimum Gasteiger partial charge on any atom is -0.361 e. The second-order valence-electron chi connectivity index (χ2n) is 3.93. The SMILES string of the molecule is O=C1CSC(=O)N1Cc1ccc2[nH]ccc2c1. The molecule has 0 unspecified atom stereocenters. The minimum absolute atomic E-state index is 0.103. The van der Waals surface area contributed by atoms with Crippen LogP contribution in [0.2, 0.25) is 0 Å². The smallest absolute Gasteiger partial charge is 0.289 e. The number of thioether (sulfide) groups is 1. The number of carbonyl (C=O) groups is 2. The van der Waals surface area contributed by atoms with Gasteiger partial charge in [0.25, 0.3) is 5.24 Å². The van der Waals surface area contributed by atoms with Crippen LogP contribution in [0, 0.1) is 0 Å². The number of rotatable bonds is 2. The molecule has 0 spiro atoms. The Balaban J connectivity index is 1.89. The summed E-state index contributed by atoms with van der Waals surface area (Å²) in [5.41, 5.74) is 2.03. The number of benzene rings is 1. The molecule has 0 bridgehead atoms. The first-order valence-electron chi connectivity index (χ1n) is 5.27. The molecular formula is C12H10N2O2S. The third kappa shape index (κ3) is 1.82. The largest absolute Gasteiger partial charge is 0.361 e. The van der Waals surface area contributed by atoms with Gasteiger partial charge in [-0.05, 0) is 29.1 Å². The number of imide groups is 1. The van der Waals surface area contributed by atoms with Gasteiger partial charge in [0, 0.05) is 11.7 Å². The van der Waals surface area contributed by atoms with Crippen LogP contribution in [0.5, 0.6) is 0 Å². The highest BCUT2D eigenvalue weighted by atomic mass is 32.2. The fraction of sp³-hybridized carbons (Fsp3) is 0.167. The predicted molar refractivity (Wildman–Crippen MR) is 66.7 cm³/mol. The molecule has 0 saturated carbocycles. The van der Waals surface area contributed by atoms with E-state index in [9.17, 15) is 9.59 Å². The van der Waals surface area contributed by atoms with Crippen LogP contribution in [-0.2, 0) is 11.3 Å². The standard InChI is InChI=1S/C12H10N2O2S/c15-11-7-17-12(16)14(11)6-8-1-2-10-9(5-8)3-4-13-10/h1-5,13H,6-7H2. The van der Waals surface area contributed by atoms with Crippen molar-refractivity contribution in [2.75, 3.05) is 5.75 Å². The highest BCUT2D eigenvalue weighted by molar-refractivity contribution is 8.14. The van der Waals surface area contributed by atoms with Crippen molar-refractivity contribution in [1.29, 1.82) is 0 Å². The van der Waals surface area contributed by atoms with Crippen molar-refractivity contribution in [2.24, 2.45) is 0 Å². The van der Waals surface area contributed by atoms with Gasteiger partial charge < -0.3 is 4.98 Å². The Morgan fingerprint density at radius 1 is 1.29 bits per heavy atom. The van der Waals surface area contributed by atoms with Crippen molar-refractivity contribution >= 4 is 33.8 Å². The average molecular weight is 246 g/mol. The van der Waals surface area contributed by atoms with Gasteiger partial charge in [-0.25, -0.2) is 0 Å². The normalized spacial score (nSPS) is 16.1. The van der Waals surface area contributed by atoms with Crippen molar-refractivity contribution in [3.8, 4) is 0 Å². The highest BCUT2D eigenvalue weighted by Gasteiger charge is 2.29. The zero-order valence-electron chi connectivity index (χ0n) is 8.97. The Kier molecular flexibility index (Phi) is 2.40. The van der Waals surface area contributed by atoms with Crippen molar-refractivity contribution in [2.45, 2.75) is 6.54 Å². The first kappa shape index (κ1) is 10.4. The van der Waals surface area contributed by atoms with Crippen molar-refractivity contribution in [1.82, 2.24) is 9.88 Å². The van der Waals surface area contributed by atoms with Gasteiger partial charge in [0.05, 0.1) is 12.3 Å². The summed E-state index contributed by atoms with van der Waals surface area (Å²) in [6.07, 6.45) is 1.87. The van der Waals surface area contributed by atoms with Crippen LogP contribution in [0.3, 0.4) is 0 Å². The van der Waals surface area contributed by atoms with Crippen molar-refractivity contribution < 1.29 is 9.59 Å². The van der Waals surface area contributed by atoms with Gasteiger partial charge >= 0.3 is 0 Å². The minimum atomic E-state index is -0.149. The van der Waals surface area contributed by atoms with Crippen LogP contribution >= 0.6 is 11.8 Å². The number of nitrogens with zero attached hydrogens (tertiary/aromatic N) is 1. The molecule has 0 aliphatic carbocycles. The molecule has 1 saturated heterocycles. The van der Waals surface area contributed by atoms with Crippen molar-refractivity contribution in [3.05, 3.63) is 36.0 Å². The summed E-state index contributed by atoms with van der Waals surface area (Å²) >= 11 is 1.07. The first-order valence-corrected chi connectivity index (χ1v) is 6.26. The Labute approximate surface area is 102 Å². The summed E-state index contributed by atoms with van der Waals surface area (Å²) in [5.74, 6) is 0.166. The number of aromatic amines is 1. The molecule has 0 atom stereocenters. The molecule has 2 aromatic rings. The molecule has 5 heteroatoms. The zero-order valence-corrected chi connectivity index (χ0v) is 9.79. The van der Waals surface area contributed by atoms with Gasteiger partial charge in [-0.1, -0.05) is 17.8 Å². The molecule has 1 aliphatic rings. The number of amides is 2. The van der Waals surface area contributed by atoms with Gasteiger partial charge in [-0.2, -0.15) is 0 Å². The number of carbonyl (C=O) groups excluding carboxylic acids is 2. The van der Waals surface area contributed by atoms with Crippen LogP contribution in [0.4, 0.5) is 4.79 Å². The van der Waals surface area contributed by atoms with Crippen LogP contribution in [-0.4, -0.2) is 26.8 Å². The second-order valence-corrected chi connectivity index (χ2v) is 4.86. The average Bonchev–Trinajstić information content (AvgIpc) is 2.90. The molecule has 1 N–H and O–H groups in total. The molecule has 1 fully saturated rings. The Hall–Kier alpha value is -1.75. The number of aromatic nitrogens is 1. The van der Waals surface area contributed by atoms with Crippen LogP contribution < -0.4 is 0 Å². The van der Waals surface area contributed by atoms with E-state index in [1.807, 2.05) is 30.5 Å².